The molecule has 0 saturated heterocycles. The zero-order valence-electron chi connectivity index (χ0n) is 9.63. The van der Waals surface area contributed by atoms with Crippen molar-refractivity contribution < 1.29 is 9.18 Å². The highest BCUT2D eigenvalue weighted by molar-refractivity contribution is 6.18. The molecule has 88 valence electrons. The summed E-state index contributed by atoms with van der Waals surface area (Å²) in [4.78, 5) is 13.5. The molecular weight excluding hydrogens is 229 g/mol. The van der Waals surface area contributed by atoms with E-state index < -0.39 is 5.82 Å². The monoisotopic (exact) mass is 243 g/mol. The van der Waals surface area contributed by atoms with E-state index in [1.54, 1.807) is 20.0 Å². The van der Waals surface area contributed by atoms with E-state index in [1.165, 1.54) is 17.0 Å². The van der Waals surface area contributed by atoms with Crippen LogP contribution in [0.15, 0.2) is 18.2 Å². The van der Waals surface area contributed by atoms with Crippen molar-refractivity contribution in [3.05, 3.63) is 35.1 Å². The minimum atomic E-state index is -0.402. The number of amides is 1. The summed E-state index contributed by atoms with van der Waals surface area (Å²) in [6, 6.07) is 4.13. The van der Waals surface area contributed by atoms with E-state index in [0.717, 1.165) is 5.56 Å². The van der Waals surface area contributed by atoms with Crippen molar-refractivity contribution in [2.45, 2.75) is 19.9 Å². The summed E-state index contributed by atoms with van der Waals surface area (Å²) in [6.45, 7) is 3.63. The molecule has 0 N–H and O–H groups in total. The molecule has 0 aliphatic carbocycles. The average molecular weight is 244 g/mol. The minimum absolute atomic E-state index is 0.0724. The Kier molecular flexibility index (Phi) is 4.30. The molecule has 1 unspecified atom stereocenters. The SMILES string of the molecule is Cc1ccc(F)cc1C(=O)N(C)C(C)CCl. The Morgan fingerprint density at radius 1 is 1.56 bits per heavy atom. The van der Waals surface area contributed by atoms with Gasteiger partial charge in [-0.05, 0) is 31.5 Å². The van der Waals surface area contributed by atoms with Gasteiger partial charge in [-0.2, -0.15) is 0 Å². The smallest absolute Gasteiger partial charge is 0.254 e. The lowest BCUT2D eigenvalue weighted by molar-refractivity contribution is 0.0755. The maximum atomic E-state index is 13.1. The van der Waals surface area contributed by atoms with Crippen LogP contribution in [0.3, 0.4) is 0 Å². The molecule has 0 fully saturated rings. The van der Waals surface area contributed by atoms with Crippen LogP contribution in [0.25, 0.3) is 0 Å². The number of aryl methyl sites for hydroxylation is 1. The number of rotatable bonds is 3. The number of halogens is 2. The number of carbonyl (C=O) groups is 1. The quantitative estimate of drug-likeness (QED) is 0.748. The van der Waals surface area contributed by atoms with E-state index in [2.05, 4.69) is 0 Å². The van der Waals surface area contributed by atoms with E-state index in [-0.39, 0.29) is 11.9 Å². The van der Waals surface area contributed by atoms with Gasteiger partial charge in [0.05, 0.1) is 0 Å². The summed E-state index contributed by atoms with van der Waals surface area (Å²) in [6.07, 6.45) is 0. The third kappa shape index (κ3) is 2.73. The predicted octanol–water partition coefficient (Wildman–Crippen LogP) is 2.83. The fourth-order valence-corrected chi connectivity index (χ4v) is 1.53. The maximum absolute atomic E-state index is 13.1. The molecule has 0 radical (unpaired) electrons. The average Bonchev–Trinajstić information content (AvgIpc) is 2.29. The number of carbonyl (C=O) groups excluding carboxylic acids is 1. The molecule has 1 atom stereocenters. The summed E-state index contributed by atoms with van der Waals surface area (Å²) in [7, 11) is 1.67. The summed E-state index contributed by atoms with van der Waals surface area (Å²) in [5.41, 5.74) is 1.15. The molecule has 0 spiro atoms. The lowest BCUT2D eigenvalue weighted by atomic mass is 10.1. The van der Waals surface area contributed by atoms with E-state index in [0.29, 0.717) is 11.4 Å². The van der Waals surface area contributed by atoms with Crippen molar-refractivity contribution in [2.75, 3.05) is 12.9 Å². The molecule has 1 aromatic rings. The fraction of sp³-hybridized carbons (Fsp3) is 0.417. The van der Waals surface area contributed by atoms with Crippen LogP contribution < -0.4 is 0 Å². The van der Waals surface area contributed by atoms with Crippen molar-refractivity contribution in [1.82, 2.24) is 4.90 Å². The van der Waals surface area contributed by atoms with Gasteiger partial charge in [0.1, 0.15) is 5.82 Å². The number of alkyl halides is 1. The molecule has 1 amide bonds. The van der Waals surface area contributed by atoms with Gasteiger partial charge in [-0.15, -0.1) is 11.6 Å². The summed E-state index contributed by atoms with van der Waals surface area (Å²) in [5, 5.41) is 0. The van der Waals surface area contributed by atoms with Gasteiger partial charge in [0.2, 0.25) is 0 Å². The second-order valence-corrected chi connectivity index (χ2v) is 4.19. The lowest BCUT2D eigenvalue weighted by Crippen LogP contribution is -2.36. The standard InChI is InChI=1S/C12H15ClFNO/c1-8-4-5-10(14)6-11(8)12(16)15(3)9(2)7-13/h4-6,9H,7H2,1-3H3. The molecule has 16 heavy (non-hydrogen) atoms. The second-order valence-electron chi connectivity index (χ2n) is 3.88. The van der Waals surface area contributed by atoms with E-state index in [4.69, 9.17) is 11.6 Å². The third-order valence-electron chi connectivity index (χ3n) is 2.63. The summed E-state index contributed by atoms with van der Waals surface area (Å²) < 4.78 is 13.1. The van der Waals surface area contributed by atoms with E-state index in [9.17, 15) is 9.18 Å². The van der Waals surface area contributed by atoms with Crippen molar-refractivity contribution in [2.24, 2.45) is 0 Å². The first-order valence-electron chi connectivity index (χ1n) is 5.06. The van der Waals surface area contributed by atoms with Crippen molar-refractivity contribution in [1.29, 1.82) is 0 Å². The van der Waals surface area contributed by atoms with Crippen molar-refractivity contribution in [3.8, 4) is 0 Å². The van der Waals surface area contributed by atoms with E-state index >= 15 is 0 Å². The molecule has 4 heteroatoms. The molecule has 0 heterocycles. The number of hydrogen-bond acceptors (Lipinski definition) is 1. The number of hydrogen-bond donors (Lipinski definition) is 0. The van der Waals surface area contributed by atoms with Gasteiger partial charge in [0, 0.05) is 24.5 Å². The highest BCUT2D eigenvalue weighted by Gasteiger charge is 2.18. The zero-order chi connectivity index (χ0) is 12.3. The Labute approximate surface area is 100 Å². The van der Waals surface area contributed by atoms with E-state index in [1.807, 2.05) is 6.92 Å². The largest absolute Gasteiger partial charge is 0.338 e. The Hall–Kier alpha value is -1.09. The molecule has 0 aliphatic rings. The first-order chi connectivity index (χ1) is 7.47. The van der Waals surface area contributed by atoms with Crippen LogP contribution in [0.5, 0.6) is 0 Å². The summed E-state index contributed by atoms with van der Waals surface area (Å²) >= 11 is 5.68. The molecule has 1 rings (SSSR count). The van der Waals surface area contributed by atoms with Crippen molar-refractivity contribution >= 4 is 17.5 Å². The maximum Gasteiger partial charge on any atom is 0.254 e. The highest BCUT2D eigenvalue weighted by Crippen LogP contribution is 2.14. The topological polar surface area (TPSA) is 20.3 Å². The Bertz CT molecular complexity index is 395. The van der Waals surface area contributed by atoms with Gasteiger partial charge in [-0.25, -0.2) is 4.39 Å². The van der Waals surface area contributed by atoms with Crippen LogP contribution in [0.2, 0.25) is 0 Å². The van der Waals surface area contributed by atoms with Gasteiger partial charge in [0.25, 0.3) is 5.91 Å². The molecule has 2 nitrogen and oxygen atoms in total. The Morgan fingerprint density at radius 3 is 2.75 bits per heavy atom. The van der Waals surface area contributed by atoms with Crippen LogP contribution in [-0.4, -0.2) is 29.8 Å². The number of benzene rings is 1. The second kappa shape index (κ2) is 5.30. The van der Waals surface area contributed by atoms with Gasteiger partial charge in [-0.1, -0.05) is 6.07 Å². The first-order valence-corrected chi connectivity index (χ1v) is 5.60. The van der Waals surface area contributed by atoms with Crippen LogP contribution in [-0.2, 0) is 0 Å². The molecule has 0 aliphatic heterocycles. The van der Waals surface area contributed by atoms with Gasteiger partial charge in [-0.3, -0.25) is 4.79 Å². The van der Waals surface area contributed by atoms with Crippen LogP contribution in [0.4, 0.5) is 4.39 Å². The normalized spacial score (nSPS) is 12.3. The van der Waals surface area contributed by atoms with Crippen LogP contribution in [0.1, 0.15) is 22.8 Å². The predicted molar refractivity (Wildman–Crippen MR) is 63.4 cm³/mol. The molecule has 0 saturated carbocycles. The Balaban J connectivity index is 3.00. The first kappa shape index (κ1) is 13.0. The summed E-state index contributed by atoms with van der Waals surface area (Å²) in [5.74, 6) is -0.248. The Morgan fingerprint density at radius 2 is 2.19 bits per heavy atom. The number of nitrogens with zero attached hydrogens (tertiary/aromatic N) is 1. The lowest BCUT2D eigenvalue weighted by Gasteiger charge is -2.23. The highest BCUT2D eigenvalue weighted by atomic mass is 35.5. The van der Waals surface area contributed by atoms with Crippen LogP contribution >= 0.6 is 11.6 Å². The molecule has 0 aromatic heterocycles. The van der Waals surface area contributed by atoms with Gasteiger partial charge >= 0.3 is 0 Å². The molecule has 0 bridgehead atoms. The molecule has 1 aromatic carbocycles. The van der Waals surface area contributed by atoms with Gasteiger partial charge in [0.15, 0.2) is 0 Å². The zero-order valence-corrected chi connectivity index (χ0v) is 10.4. The fourth-order valence-electron chi connectivity index (χ4n) is 1.32. The van der Waals surface area contributed by atoms with Gasteiger partial charge < -0.3 is 4.90 Å². The third-order valence-corrected chi connectivity index (χ3v) is 3.08. The minimum Gasteiger partial charge on any atom is -0.338 e. The van der Waals surface area contributed by atoms with Crippen molar-refractivity contribution in [3.63, 3.8) is 0 Å². The van der Waals surface area contributed by atoms with Crippen LogP contribution in [0, 0.1) is 12.7 Å². The molecular formula is C12H15ClFNO.